The summed E-state index contributed by atoms with van der Waals surface area (Å²) in [5.74, 6) is 5.32. The molecule has 0 saturated carbocycles. The minimum absolute atomic E-state index is 0.267. The smallest absolute Gasteiger partial charge is 0.379 e. The molecule has 0 fully saturated rings. The third-order valence-corrected chi connectivity index (χ3v) is 2.30. The summed E-state index contributed by atoms with van der Waals surface area (Å²) in [5.41, 5.74) is 2.10. The van der Waals surface area contributed by atoms with Crippen LogP contribution in [0.1, 0.15) is 30.6 Å². The summed E-state index contributed by atoms with van der Waals surface area (Å²) in [6.07, 6.45) is -2.73. The minimum atomic E-state index is -4.38. The van der Waals surface area contributed by atoms with E-state index in [2.05, 4.69) is 10.4 Å². The molecular weight excluding hydrogens is 247 g/mol. The number of pyridine rings is 1. The van der Waals surface area contributed by atoms with E-state index in [0.717, 1.165) is 18.7 Å². The molecule has 0 aliphatic heterocycles. The van der Waals surface area contributed by atoms with E-state index in [1.807, 2.05) is 6.92 Å². The number of halogens is 3. The van der Waals surface area contributed by atoms with E-state index in [4.69, 9.17) is 10.6 Å². The van der Waals surface area contributed by atoms with Gasteiger partial charge in [0, 0.05) is 12.8 Å². The van der Waals surface area contributed by atoms with Gasteiger partial charge in [0.25, 0.3) is 0 Å². The largest absolute Gasteiger partial charge is 0.417 e. The Morgan fingerprint density at radius 2 is 2.17 bits per heavy atom. The van der Waals surface area contributed by atoms with Crippen LogP contribution in [0.5, 0.6) is 0 Å². The third-order valence-electron chi connectivity index (χ3n) is 2.30. The fraction of sp³-hybridized carbons (Fsp3) is 0.545. The zero-order valence-electron chi connectivity index (χ0n) is 10.00. The predicted molar refractivity (Wildman–Crippen MR) is 60.4 cm³/mol. The average Bonchev–Trinajstić information content (AvgIpc) is 2.34. The van der Waals surface area contributed by atoms with E-state index in [0.29, 0.717) is 12.3 Å². The van der Waals surface area contributed by atoms with Gasteiger partial charge in [-0.3, -0.25) is 10.8 Å². The molecule has 0 aliphatic rings. The van der Waals surface area contributed by atoms with E-state index in [-0.39, 0.29) is 6.61 Å². The molecular formula is C11H16F3N3O. The standard InChI is InChI=1S/C11H16F3N3O/c1-2-5-18-7-10(17-15)9-4-3-8(6-16-9)11(12,13)14/h3-4,6,10,17H,2,5,7,15H2,1H3. The van der Waals surface area contributed by atoms with Crippen molar-refractivity contribution in [2.45, 2.75) is 25.6 Å². The summed E-state index contributed by atoms with van der Waals surface area (Å²) in [5, 5.41) is 0. The van der Waals surface area contributed by atoms with Gasteiger partial charge in [0.1, 0.15) is 0 Å². The summed E-state index contributed by atoms with van der Waals surface area (Å²) in [6, 6.07) is 1.86. The van der Waals surface area contributed by atoms with Crippen LogP contribution in [0.25, 0.3) is 0 Å². The third kappa shape index (κ3) is 4.25. The molecule has 1 aromatic rings. The van der Waals surface area contributed by atoms with Crippen molar-refractivity contribution in [2.24, 2.45) is 5.84 Å². The highest BCUT2D eigenvalue weighted by atomic mass is 19.4. The second-order valence-corrected chi connectivity index (χ2v) is 3.76. The molecule has 1 heterocycles. The van der Waals surface area contributed by atoms with Crippen LogP contribution in [0, 0.1) is 0 Å². The number of rotatable bonds is 6. The SMILES string of the molecule is CCCOCC(NN)c1ccc(C(F)(F)F)cn1. The molecule has 7 heteroatoms. The van der Waals surface area contributed by atoms with Gasteiger partial charge in [0.15, 0.2) is 0 Å². The first-order chi connectivity index (χ1) is 8.49. The van der Waals surface area contributed by atoms with E-state index in [1.165, 1.54) is 6.07 Å². The van der Waals surface area contributed by atoms with Crippen LogP contribution in [0.3, 0.4) is 0 Å². The fourth-order valence-electron chi connectivity index (χ4n) is 1.34. The molecule has 1 aromatic heterocycles. The Balaban J connectivity index is 2.69. The summed E-state index contributed by atoms with van der Waals surface area (Å²) in [7, 11) is 0. The Bertz CT molecular complexity index is 354. The second-order valence-electron chi connectivity index (χ2n) is 3.76. The summed E-state index contributed by atoms with van der Waals surface area (Å²) < 4.78 is 42.3. The molecule has 1 rings (SSSR count). The van der Waals surface area contributed by atoms with Crippen LogP contribution < -0.4 is 11.3 Å². The molecule has 102 valence electrons. The fourth-order valence-corrected chi connectivity index (χ4v) is 1.34. The van der Waals surface area contributed by atoms with E-state index >= 15 is 0 Å². The van der Waals surface area contributed by atoms with Crippen LogP contribution in [-0.2, 0) is 10.9 Å². The van der Waals surface area contributed by atoms with Crippen molar-refractivity contribution in [2.75, 3.05) is 13.2 Å². The molecule has 18 heavy (non-hydrogen) atoms. The quantitative estimate of drug-likeness (QED) is 0.468. The van der Waals surface area contributed by atoms with Gasteiger partial charge < -0.3 is 4.74 Å². The van der Waals surface area contributed by atoms with Crippen molar-refractivity contribution in [3.8, 4) is 0 Å². The van der Waals surface area contributed by atoms with Crippen LogP contribution in [0.15, 0.2) is 18.3 Å². The number of nitrogens with zero attached hydrogens (tertiary/aromatic N) is 1. The number of nitrogens with two attached hydrogens (primary N) is 1. The molecule has 3 N–H and O–H groups in total. The lowest BCUT2D eigenvalue weighted by atomic mass is 10.2. The van der Waals surface area contributed by atoms with Gasteiger partial charge in [0.05, 0.1) is 23.9 Å². The zero-order valence-corrected chi connectivity index (χ0v) is 10.00. The molecule has 0 radical (unpaired) electrons. The second kappa shape index (κ2) is 6.67. The number of ether oxygens (including phenoxy) is 1. The maximum Gasteiger partial charge on any atom is 0.417 e. The molecule has 0 aliphatic carbocycles. The Kier molecular flexibility index (Phi) is 5.52. The minimum Gasteiger partial charge on any atom is -0.379 e. The van der Waals surface area contributed by atoms with Gasteiger partial charge in [-0.25, -0.2) is 5.43 Å². The summed E-state index contributed by atoms with van der Waals surface area (Å²) in [4.78, 5) is 3.75. The summed E-state index contributed by atoms with van der Waals surface area (Å²) >= 11 is 0. The van der Waals surface area contributed by atoms with Gasteiger partial charge in [-0.2, -0.15) is 13.2 Å². The van der Waals surface area contributed by atoms with Crippen molar-refractivity contribution >= 4 is 0 Å². The molecule has 0 saturated heterocycles. The topological polar surface area (TPSA) is 60.2 Å². The van der Waals surface area contributed by atoms with Crippen molar-refractivity contribution in [3.63, 3.8) is 0 Å². The highest BCUT2D eigenvalue weighted by molar-refractivity contribution is 5.18. The van der Waals surface area contributed by atoms with Gasteiger partial charge in [-0.15, -0.1) is 0 Å². The zero-order chi connectivity index (χ0) is 13.6. The van der Waals surface area contributed by atoms with Crippen LogP contribution in [-0.4, -0.2) is 18.2 Å². The first kappa shape index (κ1) is 14.9. The van der Waals surface area contributed by atoms with Gasteiger partial charge in [-0.05, 0) is 18.6 Å². The molecule has 0 aromatic carbocycles. The Hall–Kier alpha value is -1.18. The van der Waals surface area contributed by atoms with Gasteiger partial charge >= 0.3 is 6.18 Å². The normalized spacial score (nSPS) is 13.6. The van der Waals surface area contributed by atoms with Crippen LogP contribution >= 0.6 is 0 Å². The number of aromatic nitrogens is 1. The maximum atomic E-state index is 12.3. The molecule has 1 atom stereocenters. The van der Waals surface area contributed by atoms with Crippen molar-refractivity contribution in [1.29, 1.82) is 0 Å². The number of hydrogen-bond donors (Lipinski definition) is 2. The Morgan fingerprint density at radius 1 is 1.44 bits per heavy atom. The average molecular weight is 263 g/mol. The first-order valence-corrected chi connectivity index (χ1v) is 5.56. The maximum absolute atomic E-state index is 12.3. The monoisotopic (exact) mass is 263 g/mol. The molecule has 0 spiro atoms. The lowest BCUT2D eigenvalue weighted by Crippen LogP contribution is -2.32. The number of hydrazine groups is 1. The molecule has 0 bridgehead atoms. The van der Waals surface area contributed by atoms with Crippen molar-refractivity contribution < 1.29 is 17.9 Å². The Labute approximate surface area is 103 Å². The molecule has 4 nitrogen and oxygen atoms in total. The first-order valence-electron chi connectivity index (χ1n) is 5.56. The van der Waals surface area contributed by atoms with Gasteiger partial charge in [-0.1, -0.05) is 6.92 Å². The lowest BCUT2D eigenvalue weighted by molar-refractivity contribution is -0.137. The molecule has 1 unspecified atom stereocenters. The number of alkyl halides is 3. The van der Waals surface area contributed by atoms with Crippen LogP contribution in [0.2, 0.25) is 0 Å². The number of hydrogen-bond acceptors (Lipinski definition) is 4. The highest BCUT2D eigenvalue weighted by Gasteiger charge is 2.30. The van der Waals surface area contributed by atoms with Gasteiger partial charge in [0.2, 0.25) is 0 Å². The molecule has 0 amide bonds. The van der Waals surface area contributed by atoms with Crippen molar-refractivity contribution in [1.82, 2.24) is 10.4 Å². The van der Waals surface area contributed by atoms with E-state index < -0.39 is 17.8 Å². The highest BCUT2D eigenvalue weighted by Crippen LogP contribution is 2.28. The Morgan fingerprint density at radius 3 is 2.61 bits per heavy atom. The van der Waals surface area contributed by atoms with Crippen LogP contribution in [0.4, 0.5) is 13.2 Å². The van der Waals surface area contributed by atoms with E-state index in [9.17, 15) is 13.2 Å². The predicted octanol–water partition coefficient (Wildman–Crippen LogP) is 2.03. The summed E-state index contributed by atoms with van der Waals surface area (Å²) in [6.45, 7) is 2.79. The van der Waals surface area contributed by atoms with Crippen molar-refractivity contribution in [3.05, 3.63) is 29.6 Å². The number of nitrogens with one attached hydrogen (secondary N) is 1. The lowest BCUT2D eigenvalue weighted by Gasteiger charge is -2.16. The van der Waals surface area contributed by atoms with E-state index in [1.54, 1.807) is 0 Å².